The van der Waals surface area contributed by atoms with E-state index in [0.29, 0.717) is 114 Å². The number of carbonyl (C=O) groups excluding carboxylic acids is 5. The highest BCUT2D eigenvalue weighted by Crippen LogP contribution is 2.58. The number of aromatic hydroxyl groups is 2. The molecule has 1 aromatic heterocycles. The lowest BCUT2D eigenvalue weighted by molar-refractivity contribution is -0.162. The number of halogens is 2. The highest BCUT2D eigenvalue weighted by atomic mass is 35.5. The number of ether oxygens (including phenoxy) is 5. The highest BCUT2D eigenvalue weighted by molar-refractivity contribution is 6.37. The van der Waals surface area contributed by atoms with Crippen LogP contribution in [0.25, 0.3) is 5.57 Å². The Morgan fingerprint density at radius 2 is 1.21 bits per heavy atom. The number of aromatic nitrogens is 2. The number of phenols is 2. The number of likely N-dealkylation sites (tertiary alicyclic amines) is 2. The van der Waals surface area contributed by atoms with Gasteiger partial charge in [0.25, 0.3) is 11.8 Å². The summed E-state index contributed by atoms with van der Waals surface area (Å²) in [5.41, 5.74) is 13.8. The molecular formula is C100H114Cl2N6O15. The number of rotatable bonds is 22. The summed E-state index contributed by atoms with van der Waals surface area (Å²) < 4.78 is 31.9. The maximum atomic E-state index is 13.1. The van der Waals surface area contributed by atoms with E-state index in [9.17, 15) is 44.4 Å². The zero-order chi connectivity index (χ0) is 86.6. The zero-order valence-electron chi connectivity index (χ0n) is 71.2. The second kappa shape index (κ2) is 40.6. The first-order chi connectivity index (χ1) is 59.4. The second-order valence-electron chi connectivity index (χ2n) is 34.6. The van der Waals surface area contributed by atoms with Crippen molar-refractivity contribution in [2.24, 2.45) is 40.9 Å². The number of fused-ring (bicyclic) bond motifs is 2. The topological polar surface area (TPSA) is 273 Å². The first-order valence-electron chi connectivity index (χ1n) is 43.4. The van der Waals surface area contributed by atoms with Gasteiger partial charge < -0.3 is 63.6 Å². The second-order valence-corrected chi connectivity index (χ2v) is 35.4. The third-order valence-electron chi connectivity index (χ3n) is 26.5. The number of allylic oxidation sites excluding steroid dienone is 1. The Morgan fingerprint density at radius 1 is 0.642 bits per heavy atom. The third-order valence-corrected chi connectivity index (χ3v) is 27.1. The van der Waals surface area contributed by atoms with Crippen molar-refractivity contribution in [3.8, 4) is 17.2 Å². The number of benzene rings is 8. The Kier molecular flexibility index (Phi) is 29.4. The number of aliphatic hydroxyl groups is 2. The zero-order valence-corrected chi connectivity index (χ0v) is 72.7. The predicted octanol–water partition coefficient (Wildman–Crippen LogP) is 17.3. The highest BCUT2D eigenvalue weighted by Gasteiger charge is 2.60. The summed E-state index contributed by atoms with van der Waals surface area (Å²) in [6, 6.07) is 59.5. The maximum absolute atomic E-state index is 13.1. The maximum Gasteiger partial charge on any atom is 0.350 e. The van der Waals surface area contributed by atoms with Crippen LogP contribution in [0.1, 0.15) is 203 Å². The van der Waals surface area contributed by atoms with Crippen LogP contribution in [0.4, 0.5) is 0 Å². The van der Waals surface area contributed by atoms with E-state index in [2.05, 4.69) is 57.7 Å². The van der Waals surface area contributed by atoms with Crippen molar-refractivity contribution < 1.29 is 72.5 Å². The summed E-state index contributed by atoms with van der Waals surface area (Å²) in [6.45, 7) is 12.7. The number of phenolic OH excluding ortho intramolecular Hbond substituents is 2. The minimum absolute atomic E-state index is 0.0192. The van der Waals surface area contributed by atoms with Gasteiger partial charge in [-0.05, 0) is 262 Å². The first kappa shape index (κ1) is 89.1. The summed E-state index contributed by atoms with van der Waals surface area (Å²) in [4.78, 5) is 67.9. The molecule has 0 bridgehead atoms. The van der Waals surface area contributed by atoms with Crippen molar-refractivity contribution in [3.05, 3.63) is 282 Å². The van der Waals surface area contributed by atoms with Crippen LogP contribution in [0.15, 0.2) is 192 Å². The first-order valence-corrected chi connectivity index (χ1v) is 44.1. The van der Waals surface area contributed by atoms with Gasteiger partial charge in [0.15, 0.2) is 17.2 Å². The molecule has 4 saturated heterocycles. The van der Waals surface area contributed by atoms with E-state index >= 15 is 0 Å². The predicted molar refractivity (Wildman–Crippen MR) is 471 cm³/mol. The van der Waals surface area contributed by atoms with Gasteiger partial charge in [0.05, 0.1) is 61.7 Å². The molecule has 21 nitrogen and oxygen atoms in total. The third kappa shape index (κ3) is 21.6. The van der Waals surface area contributed by atoms with Gasteiger partial charge in [-0.25, -0.2) is 9.59 Å². The van der Waals surface area contributed by atoms with E-state index in [0.717, 1.165) is 164 Å². The number of amides is 2. The van der Waals surface area contributed by atoms with Crippen molar-refractivity contribution in [2.75, 3.05) is 67.2 Å². The van der Waals surface area contributed by atoms with E-state index < -0.39 is 6.23 Å². The normalized spacial score (nSPS) is 23.2. The molecule has 5 aliphatic heterocycles. The van der Waals surface area contributed by atoms with Gasteiger partial charge >= 0.3 is 17.9 Å². The van der Waals surface area contributed by atoms with E-state index in [-0.39, 0.29) is 77.0 Å². The Balaban J connectivity index is 0.000000135. The summed E-state index contributed by atoms with van der Waals surface area (Å²) in [5, 5.41) is 53.6. The van der Waals surface area contributed by atoms with Gasteiger partial charge in [0, 0.05) is 74.3 Å². The SMILES string of the molecule is CCc1nnc(C2[C@H]3CN(C(=O)c4ccc(C[C@@H]5CC[C@H]([C@H](O)c6ccccc6)C5)cc4)C[C@@H]23)o1.COC(=O)/C=C(\C)c1ccc(CC(C)N2CC(c3cccc(C)c3)OC2C(=O)OC)cc1.COc1c(Cl)cc(C[C@@H]2NCCc3cc(O)c(O)cc32)cc1Cl.O=C(c1ccc(C[C@@H]2CC[C@H]([C@H](O)c3ccccc3)C2)cc1)N1CCC2(CCOC2=O)CC1. The van der Waals surface area contributed by atoms with Gasteiger partial charge in [-0.1, -0.05) is 169 Å². The van der Waals surface area contributed by atoms with E-state index in [1.165, 1.54) is 38.5 Å². The van der Waals surface area contributed by atoms with Crippen LogP contribution in [0.2, 0.25) is 10.0 Å². The fraction of sp³-hybridized carbons (Fsp3) is 0.430. The molecule has 8 aliphatic rings. The molecule has 4 unspecified atom stereocenters. The Hall–Kier alpha value is -10.2. The molecule has 7 fully saturated rings. The molecular weight excluding hydrogens is 1600 g/mol. The smallest absolute Gasteiger partial charge is 0.350 e. The van der Waals surface area contributed by atoms with Crippen molar-refractivity contribution in [2.45, 2.75) is 167 Å². The standard InChI is InChI=1S/C29H33N3O3.C28H33NO4.C26H31NO5.C17H17Cl2NO3/c1-2-25-30-31-28(35-25)26-23-16-32(17-24(23)26)29(34)21-11-8-18(9-12-21)14-19-10-13-22(15-19)27(33)20-6-4-3-5-7-20;30-25(22-4-2-1-3-5-22)24-11-8-21(19-24)18-20-6-9-23(10-7-20)26(31)29-15-12-28(13-16-29)14-17-33-27(28)32;1-17-7-6-8-22(13-17)23-16-27(25(32-23)26(29)31-5)19(3)15-20-9-11-21(12-10-20)18(2)14-24(28)30-4;1-23-17-12(18)4-9(5-13(17)19)6-14-11-8-16(22)15(21)7-10(11)2-3-20-14/h3-9,11-12,19,22-24,26-27,33H,2,10,13-17H2,1H3;1-7,9-10,21,24-25,30H,8,11-19H2;6-14,19,23,25H,15-16H2,1-5H3;4-5,7-8,14,20-22H,2-3,6H2,1H3/b;;18-14+;/t19-,22-,23-,24+,26?,27+;21-,24-,25+;;14-/m00.0/s1. The summed E-state index contributed by atoms with van der Waals surface area (Å²) in [7, 11) is 4.28. The van der Waals surface area contributed by atoms with Crippen molar-refractivity contribution in [1.29, 1.82) is 0 Å². The molecule has 3 aliphatic carbocycles. The summed E-state index contributed by atoms with van der Waals surface area (Å²) >= 11 is 12.4. The number of carbonyl (C=O) groups is 5. The van der Waals surface area contributed by atoms with Gasteiger partial charge in [0.2, 0.25) is 18.0 Å². The quantitative estimate of drug-likeness (QED) is 0.0183. The number of esters is 3. The van der Waals surface area contributed by atoms with Crippen molar-refractivity contribution >= 4 is 58.5 Å². The minimum atomic E-state index is -0.731. The number of nitrogens with one attached hydrogen (secondary N) is 1. The van der Waals surface area contributed by atoms with Crippen LogP contribution < -0.4 is 10.1 Å². The van der Waals surface area contributed by atoms with Crippen LogP contribution in [0.3, 0.4) is 0 Å². The van der Waals surface area contributed by atoms with Gasteiger partial charge in [0.1, 0.15) is 0 Å². The molecule has 1 spiro atoms. The van der Waals surface area contributed by atoms with Crippen molar-refractivity contribution in [3.63, 3.8) is 0 Å². The number of piperidine rings is 2. The number of aryl methyl sites for hydroxylation is 2. The number of cyclic esters (lactones) is 1. The molecule has 0 radical (unpaired) electrons. The molecule has 648 valence electrons. The molecule has 13 atom stereocenters. The van der Waals surface area contributed by atoms with E-state index in [4.69, 9.17) is 51.3 Å². The van der Waals surface area contributed by atoms with Crippen LogP contribution in [0.5, 0.6) is 17.2 Å². The molecule has 6 heterocycles. The molecule has 17 rings (SSSR count). The number of nitrogens with zero attached hydrogens (tertiary/aromatic N) is 5. The van der Waals surface area contributed by atoms with Crippen molar-refractivity contribution in [1.82, 2.24) is 30.2 Å². The van der Waals surface area contributed by atoms with E-state index in [1.807, 2.05) is 170 Å². The fourth-order valence-corrected chi connectivity index (χ4v) is 20.1. The largest absolute Gasteiger partial charge is 0.504 e. The molecule has 3 saturated carbocycles. The molecule has 5 N–H and O–H groups in total. The van der Waals surface area contributed by atoms with Crippen LogP contribution >= 0.6 is 23.2 Å². The van der Waals surface area contributed by atoms with Crippen LogP contribution in [-0.2, 0) is 71.9 Å². The monoisotopic (exact) mass is 1710 g/mol. The minimum Gasteiger partial charge on any atom is -0.504 e. The lowest BCUT2D eigenvalue weighted by atomic mass is 9.77. The fourth-order valence-electron chi connectivity index (χ4n) is 19.4. The molecule has 23 heteroatoms. The van der Waals surface area contributed by atoms with Gasteiger partial charge in [-0.15, -0.1) is 10.2 Å². The molecule has 123 heavy (non-hydrogen) atoms. The Bertz CT molecular complexity index is 5120. The molecule has 2 amide bonds. The average molecular weight is 1710 g/mol. The lowest BCUT2D eigenvalue weighted by Gasteiger charge is -2.36. The van der Waals surface area contributed by atoms with Crippen LogP contribution in [-0.4, -0.2) is 155 Å². The van der Waals surface area contributed by atoms with E-state index in [1.54, 1.807) is 12.1 Å². The summed E-state index contributed by atoms with van der Waals surface area (Å²) in [6.07, 6.45) is 13.5. The number of hydrogen-bond donors (Lipinski definition) is 5. The molecule has 8 aromatic carbocycles. The average Bonchev–Trinajstić information content (AvgIpc) is 1.56. The Morgan fingerprint density at radius 3 is 1.75 bits per heavy atom. The summed E-state index contributed by atoms with van der Waals surface area (Å²) in [5.74, 6) is 4.08. The lowest BCUT2D eigenvalue weighted by Crippen LogP contribution is -2.45. The van der Waals surface area contributed by atoms with Gasteiger partial charge in [-0.2, -0.15) is 0 Å². The van der Waals surface area contributed by atoms with Gasteiger partial charge in [-0.3, -0.25) is 19.3 Å². The number of hydrogen-bond acceptors (Lipinski definition) is 19. The molecule has 9 aromatic rings. The Labute approximate surface area is 731 Å². The van der Waals surface area contributed by atoms with Crippen LogP contribution in [0, 0.1) is 47.8 Å². The number of methoxy groups -OCH3 is 3. The number of aliphatic hydroxyl groups excluding tert-OH is 2.